The molecule has 4 rings (SSSR count). The van der Waals surface area contributed by atoms with E-state index in [9.17, 15) is 4.79 Å². The third-order valence-electron chi connectivity index (χ3n) is 6.51. The molecule has 1 fully saturated rings. The maximum absolute atomic E-state index is 13.0. The molecule has 0 saturated carbocycles. The number of carbonyl (C=O) groups is 1. The number of hydrogen-bond acceptors (Lipinski definition) is 6. The van der Waals surface area contributed by atoms with Crippen LogP contribution in [0.5, 0.6) is 5.75 Å². The number of aryl methyl sites for hydroxylation is 3. The number of nitrogens with zero attached hydrogens (tertiary/aromatic N) is 5. The van der Waals surface area contributed by atoms with Gasteiger partial charge in [0.1, 0.15) is 5.75 Å². The molecule has 1 aliphatic rings. The number of benzene rings is 1. The third-order valence-corrected chi connectivity index (χ3v) is 6.51. The summed E-state index contributed by atoms with van der Waals surface area (Å²) in [4.78, 5) is 24.5. The van der Waals surface area contributed by atoms with Gasteiger partial charge in [-0.05, 0) is 65.8 Å². The highest BCUT2D eigenvalue weighted by Gasteiger charge is 2.26. The summed E-state index contributed by atoms with van der Waals surface area (Å²) in [5.74, 6) is 1.37. The van der Waals surface area contributed by atoms with Crippen molar-refractivity contribution in [3.63, 3.8) is 0 Å². The second-order valence-corrected chi connectivity index (χ2v) is 8.99. The number of para-hydroxylation sites is 1. The predicted octanol–water partition coefficient (Wildman–Crippen LogP) is 3.40. The first-order chi connectivity index (χ1) is 16.4. The zero-order chi connectivity index (χ0) is 24.2. The topological polar surface area (TPSA) is 85.2 Å². The van der Waals surface area contributed by atoms with E-state index in [2.05, 4.69) is 31.3 Å². The minimum atomic E-state index is -0.0220. The average molecular weight is 463 g/mol. The number of amides is 1. The lowest BCUT2D eigenvalue weighted by Crippen LogP contribution is -2.37. The summed E-state index contributed by atoms with van der Waals surface area (Å²) in [6.07, 6.45) is 2.62. The van der Waals surface area contributed by atoms with Gasteiger partial charge in [0.05, 0.1) is 25.3 Å². The minimum absolute atomic E-state index is 0.0220. The molecule has 180 valence electrons. The van der Waals surface area contributed by atoms with Crippen LogP contribution < -0.4 is 10.1 Å². The van der Waals surface area contributed by atoms with E-state index in [1.54, 1.807) is 11.8 Å². The first-order valence-corrected chi connectivity index (χ1v) is 11.9. The monoisotopic (exact) mass is 462 g/mol. The minimum Gasteiger partial charge on any atom is -0.496 e. The summed E-state index contributed by atoms with van der Waals surface area (Å²) in [6.45, 7) is 10.4. The molecule has 1 N–H and O–H groups in total. The fourth-order valence-electron chi connectivity index (χ4n) is 4.79. The van der Waals surface area contributed by atoms with E-state index in [4.69, 9.17) is 4.74 Å². The highest BCUT2D eigenvalue weighted by atomic mass is 16.5. The number of nitrogens with one attached hydrogen (secondary N) is 1. The Bertz CT molecular complexity index is 1150. The molecule has 3 heterocycles. The molecule has 1 aromatic carbocycles. The predicted molar refractivity (Wildman–Crippen MR) is 131 cm³/mol. The zero-order valence-corrected chi connectivity index (χ0v) is 20.8. The van der Waals surface area contributed by atoms with E-state index in [0.29, 0.717) is 12.5 Å². The summed E-state index contributed by atoms with van der Waals surface area (Å²) >= 11 is 0. The number of hydrogen-bond donors (Lipinski definition) is 1. The van der Waals surface area contributed by atoms with Crippen LogP contribution in [0, 0.1) is 27.7 Å². The van der Waals surface area contributed by atoms with Crippen LogP contribution in [-0.2, 0) is 11.2 Å². The van der Waals surface area contributed by atoms with E-state index in [-0.39, 0.29) is 18.4 Å². The van der Waals surface area contributed by atoms with Gasteiger partial charge in [0, 0.05) is 34.8 Å². The molecule has 3 aromatic rings. The maximum Gasteiger partial charge on any atom is 0.251 e. The summed E-state index contributed by atoms with van der Waals surface area (Å²) < 4.78 is 7.36. The standard InChI is InChI=1S/C26H34N6O2/c1-17-14-18(2)29-26(28-17)32-20(4)22(19(3)30-32)15-25(33)27-16-23(31-12-8-9-13-31)21-10-6-7-11-24(21)34-5/h6-7,10-11,14,23H,8-9,12-13,15-16H2,1-5H3,(H,27,33). The molecule has 1 unspecified atom stereocenters. The number of rotatable bonds is 8. The van der Waals surface area contributed by atoms with Crippen molar-refractivity contribution < 1.29 is 9.53 Å². The maximum atomic E-state index is 13.0. The van der Waals surface area contributed by atoms with Gasteiger partial charge in [-0.1, -0.05) is 18.2 Å². The van der Waals surface area contributed by atoms with Crippen molar-refractivity contribution in [2.75, 3.05) is 26.7 Å². The Morgan fingerprint density at radius 3 is 2.44 bits per heavy atom. The average Bonchev–Trinajstić information content (AvgIpc) is 3.43. The van der Waals surface area contributed by atoms with Crippen molar-refractivity contribution in [2.24, 2.45) is 0 Å². The number of methoxy groups -OCH3 is 1. The molecular weight excluding hydrogens is 428 g/mol. The van der Waals surface area contributed by atoms with E-state index >= 15 is 0 Å². The Morgan fingerprint density at radius 2 is 1.76 bits per heavy atom. The van der Waals surface area contributed by atoms with Gasteiger partial charge in [-0.3, -0.25) is 9.69 Å². The normalized spacial score (nSPS) is 14.9. The van der Waals surface area contributed by atoms with Crippen molar-refractivity contribution in [3.05, 3.63) is 64.2 Å². The van der Waals surface area contributed by atoms with Gasteiger partial charge in [-0.25, -0.2) is 14.6 Å². The lowest BCUT2D eigenvalue weighted by Gasteiger charge is -2.29. The number of likely N-dealkylation sites (tertiary alicyclic amines) is 1. The van der Waals surface area contributed by atoms with E-state index in [1.807, 2.05) is 52.0 Å². The second kappa shape index (κ2) is 10.3. The van der Waals surface area contributed by atoms with Crippen LogP contribution in [0.25, 0.3) is 5.95 Å². The third kappa shape index (κ3) is 5.12. The fraction of sp³-hybridized carbons (Fsp3) is 0.462. The Morgan fingerprint density at radius 1 is 1.09 bits per heavy atom. The quantitative estimate of drug-likeness (QED) is 0.552. The molecule has 1 saturated heterocycles. The Labute approximate surface area is 201 Å². The molecule has 0 aliphatic carbocycles. The van der Waals surface area contributed by atoms with Crippen LogP contribution in [-0.4, -0.2) is 57.3 Å². The zero-order valence-electron chi connectivity index (χ0n) is 20.8. The Kier molecular flexibility index (Phi) is 7.26. The summed E-state index contributed by atoms with van der Waals surface area (Å²) in [5, 5.41) is 7.81. The highest BCUT2D eigenvalue weighted by molar-refractivity contribution is 5.79. The molecule has 1 atom stereocenters. The van der Waals surface area contributed by atoms with Crippen molar-refractivity contribution >= 4 is 5.91 Å². The van der Waals surface area contributed by atoms with Gasteiger partial charge in [0.15, 0.2) is 0 Å². The molecule has 0 bridgehead atoms. The van der Waals surface area contributed by atoms with E-state index < -0.39 is 0 Å². The van der Waals surface area contributed by atoms with Crippen LogP contribution in [0.3, 0.4) is 0 Å². The number of aromatic nitrogens is 4. The first kappa shape index (κ1) is 23.9. The van der Waals surface area contributed by atoms with E-state index in [1.165, 1.54) is 12.8 Å². The first-order valence-electron chi connectivity index (χ1n) is 11.9. The van der Waals surface area contributed by atoms with Crippen LogP contribution in [0.2, 0.25) is 0 Å². The van der Waals surface area contributed by atoms with Crippen molar-refractivity contribution in [1.82, 2.24) is 30.0 Å². The molecular formula is C26H34N6O2. The molecule has 0 spiro atoms. The Balaban J connectivity index is 1.50. The van der Waals surface area contributed by atoms with Gasteiger partial charge < -0.3 is 10.1 Å². The van der Waals surface area contributed by atoms with Crippen molar-refractivity contribution in [1.29, 1.82) is 0 Å². The molecule has 2 aromatic heterocycles. The lowest BCUT2D eigenvalue weighted by atomic mass is 10.0. The van der Waals surface area contributed by atoms with E-state index in [0.717, 1.165) is 52.7 Å². The van der Waals surface area contributed by atoms with Gasteiger partial charge in [-0.2, -0.15) is 5.10 Å². The van der Waals surface area contributed by atoms with Crippen LogP contribution >= 0.6 is 0 Å². The number of ether oxygens (including phenoxy) is 1. The molecule has 34 heavy (non-hydrogen) atoms. The largest absolute Gasteiger partial charge is 0.496 e. The van der Waals surface area contributed by atoms with Crippen LogP contribution in [0.15, 0.2) is 30.3 Å². The van der Waals surface area contributed by atoms with Gasteiger partial charge >= 0.3 is 0 Å². The lowest BCUT2D eigenvalue weighted by molar-refractivity contribution is -0.120. The summed E-state index contributed by atoms with van der Waals surface area (Å²) in [7, 11) is 1.70. The molecule has 1 amide bonds. The van der Waals surface area contributed by atoms with Gasteiger partial charge in [0.25, 0.3) is 5.95 Å². The fourth-order valence-corrected chi connectivity index (χ4v) is 4.79. The molecule has 1 aliphatic heterocycles. The number of carbonyl (C=O) groups excluding carboxylic acids is 1. The smallest absolute Gasteiger partial charge is 0.251 e. The van der Waals surface area contributed by atoms with Crippen molar-refractivity contribution in [3.8, 4) is 11.7 Å². The molecule has 8 nitrogen and oxygen atoms in total. The van der Waals surface area contributed by atoms with Crippen LogP contribution in [0.4, 0.5) is 0 Å². The van der Waals surface area contributed by atoms with Crippen LogP contribution in [0.1, 0.15) is 52.8 Å². The summed E-state index contributed by atoms with van der Waals surface area (Å²) in [5.41, 5.74) is 5.50. The molecule has 8 heteroatoms. The SMILES string of the molecule is COc1ccccc1C(CNC(=O)Cc1c(C)nn(-c2nc(C)cc(C)n2)c1C)N1CCCC1. The second-order valence-electron chi connectivity index (χ2n) is 8.99. The van der Waals surface area contributed by atoms with Crippen molar-refractivity contribution in [2.45, 2.75) is 53.0 Å². The van der Waals surface area contributed by atoms with Gasteiger partial charge in [-0.15, -0.1) is 0 Å². The molecule has 0 radical (unpaired) electrons. The highest BCUT2D eigenvalue weighted by Crippen LogP contribution is 2.31. The summed E-state index contributed by atoms with van der Waals surface area (Å²) in [6, 6.07) is 10.1. The Hall–Kier alpha value is -3.26. The van der Waals surface area contributed by atoms with Gasteiger partial charge in [0.2, 0.25) is 5.91 Å².